The molecule has 0 nitrogen and oxygen atoms in total. The fourth-order valence-corrected chi connectivity index (χ4v) is 3.83. The molecule has 0 bridgehead atoms. The standard InChI is InChI=1S/C19H27F/c1-5-13-8-17(14-6-7-14)18(9-16(13)12(2)3)15-10-19(4,20)11-15/h8-9,12,14-15H,5-7,10-11H2,1-4H3. The van der Waals surface area contributed by atoms with Crippen molar-refractivity contribution in [3.63, 3.8) is 0 Å². The lowest BCUT2D eigenvalue weighted by Crippen LogP contribution is -2.35. The van der Waals surface area contributed by atoms with Crippen molar-refractivity contribution >= 4 is 0 Å². The first-order chi connectivity index (χ1) is 9.41. The number of halogens is 1. The summed E-state index contributed by atoms with van der Waals surface area (Å²) in [7, 11) is 0. The molecule has 1 aromatic rings. The molecule has 1 heteroatoms. The number of aryl methyl sites for hydroxylation is 1. The van der Waals surface area contributed by atoms with Crippen molar-refractivity contribution in [3.05, 3.63) is 34.4 Å². The van der Waals surface area contributed by atoms with Crippen LogP contribution in [0.15, 0.2) is 12.1 Å². The van der Waals surface area contributed by atoms with Crippen molar-refractivity contribution in [1.29, 1.82) is 0 Å². The molecule has 0 aliphatic heterocycles. The van der Waals surface area contributed by atoms with Gasteiger partial charge in [-0.05, 0) is 79.0 Å². The van der Waals surface area contributed by atoms with Crippen molar-refractivity contribution in [3.8, 4) is 0 Å². The maximum absolute atomic E-state index is 13.9. The van der Waals surface area contributed by atoms with Gasteiger partial charge in [0.2, 0.25) is 0 Å². The van der Waals surface area contributed by atoms with Crippen molar-refractivity contribution in [2.45, 2.75) is 83.2 Å². The van der Waals surface area contributed by atoms with E-state index in [9.17, 15) is 4.39 Å². The Labute approximate surface area is 122 Å². The predicted octanol–water partition coefficient (Wildman–Crippen LogP) is 5.86. The van der Waals surface area contributed by atoms with Gasteiger partial charge in [-0.25, -0.2) is 4.39 Å². The number of rotatable bonds is 4. The minimum Gasteiger partial charge on any atom is -0.244 e. The molecule has 2 saturated carbocycles. The first kappa shape index (κ1) is 14.1. The summed E-state index contributed by atoms with van der Waals surface area (Å²) in [6.07, 6.45) is 5.21. The minimum atomic E-state index is -0.924. The second kappa shape index (κ2) is 4.86. The van der Waals surface area contributed by atoms with Crippen LogP contribution >= 0.6 is 0 Å². The van der Waals surface area contributed by atoms with E-state index in [0.29, 0.717) is 11.8 Å². The van der Waals surface area contributed by atoms with E-state index >= 15 is 0 Å². The fourth-order valence-electron chi connectivity index (χ4n) is 3.83. The normalized spacial score (nSPS) is 29.6. The topological polar surface area (TPSA) is 0 Å². The maximum Gasteiger partial charge on any atom is 0.109 e. The summed E-state index contributed by atoms with van der Waals surface area (Å²) in [4.78, 5) is 0. The first-order valence-corrected chi connectivity index (χ1v) is 8.27. The van der Waals surface area contributed by atoms with Crippen LogP contribution in [0.25, 0.3) is 0 Å². The van der Waals surface area contributed by atoms with Crippen LogP contribution in [0.4, 0.5) is 4.39 Å². The molecule has 2 aliphatic rings. The lowest BCUT2D eigenvalue weighted by Gasteiger charge is -2.40. The van der Waals surface area contributed by atoms with Gasteiger partial charge in [-0.15, -0.1) is 0 Å². The van der Waals surface area contributed by atoms with Gasteiger partial charge in [-0.1, -0.05) is 32.9 Å². The van der Waals surface area contributed by atoms with Gasteiger partial charge in [0.25, 0.3) is 0 Å². The largest absolute Gasteiger partial charge is 0.244 e. The Hall–Kier alpha value is -0.850. The highest BCUT2D eigenvalue weighted by Crippen LogP contribution is 2.52. The van der Waals surface area contributed by atoms with Crippen LogP contribution in [0.2, 0.25) is 0 Å². The molecule has 0 heterocycles. The number of alkyl halides is 1. The van der Waals surface area contributed by atoms with Gasteiger partial charge >= 0.3 is 0 Å². The van der Waals surface area contributed by atoms with Gasteiger partial charge in [-0.2, -0.15) is 0 Å². The molecule has 3 rings (SSSR count). The van der Waals surface area contributed by atoms with Crippen LogP contribution in [0.3, 0.4) is 0 Å². The maximum atomic E-state index is 13.9. The first-order valence-electron chi connectivity index (χ1n) is 8.27. The molecule has 110 valence electrons. The minimum absolute atomic E-state index is 0.462. The molecular formula is C19H27F. The Morgan fingerprint density at radius 2 is 1.75 bits per heavy atom. The molecule has 2 aliphatic carbocycles. The Bertz CT molecular complexity index is 501. The van der Waals surface area contributed by atoms with Crippen LogP contribution in [0, 0.1) is 0 Å². The molecule has 0 saturated heterocycles. The number of hydrogen-bond donors (Lipinski definition) is 0. The average Bonchev–Trinajstić information content (AvgIpc) is 3.18. The fraction of sp³-hybridized carbons (Fsp3) is 0.684. The van der Waals surface area contributed by atoms with Crippen molar-refractivity contribution in [2.24, 2.45) is 0 Å². The Kier molecular flexibility index (Phi) is 3.43. The molecule has 0 unspecified atom stereocenters. The smallest absolute Gasteiger partial charge is 0.109 e. The lowest BCUT2D eigenvalue weighted by atomic mass is 9.68. The summed E-state index contributed by atoms with van der Waals surface area (Å²) < 4.78 is 13.9. The Balaban J connectivity index is 2.00. The van der Waals surface area contributed by atoms with E-state index in [-0.39, 0.29) is 0 Å². The summed E-state index contributed by atoms with van der Waals surface area (Å²) in [6, 6.07) is 4.88. The van der Waals surface area contributed by atoms with Crippen molar-refractivity contribution in [2.75, 3.05) is 0 Å². The SMILES string of the molecule is CCc1cc(C2CC2)c(C2CC(C)(F)C2)cc1C(C)C. The predicted molar refractivity (Wildman–Crippen MR) is 83.4 cm³/mol. The molecule has 0 atom stereocenters. The quantitative estimate of drug-likeness (QED) is 0.645. The van der Waals surface area contributed by atoms with E-state index in [2.05, 4.69) is 32.9 Å². The third-order valence-corrected chi connectivity index (χ3v) is 5.15. The van der Waals surface area contributed by atoms with Crippen LogP contribution in [-0.4, -0.2) is 5.67 Å². The van der Waals surface area contributed by atoms with Crippen molar-refractivity contribution < 1.29 is 4.39 Å². The molecule has 0 spiro atoms. The number of hydrogen-bond acceptors (Lipinski definition) is 0. The zero-order valence-electron chi connectivity index (χ0n) is 13.3. The van der Waals surface area contributed by atoms with Gasteiger partial charge in [0.1, 0.15) is 5.67 Å². The molecule has 0 radical (unpaired) electrons. The molecule has 0 N–H and O–H groups in total. The number of benzene rings is 1. The second-order valence-electron chi connectivity index (χ2n) is 7.48. The third-order valence-electron chi connectivity index (χ3n) is 5.15. The van der Waals surface area contributed by atoms with E-state index < -0.39 is 5.67 Å². The van der Waals surface area contributed by atoms with E-state index in [4.69, 9.17) is 0 Å². The van der Waals surface area contributed by atoms with Gasteiger partial charge < -0.3 is 0 Å². The Morgan fingerprint density at radius 3 is 2.20 bits per heavy atom. The lowest BCUT2D eigenvalue weighted by molar-refractivity contribution is 0.0612. The van der Waals surface area contributed by atoms with Crippen LogP contribution in [0.5, 0.6) is 0 Å². The molecule has 0 amide bonds. The summed E-state index contributed by atoms with van der Waals surface area (Å²) in [6.45, 7) is 8.55. The monoisotopic (exact) mass is 274 g/mol. The zero-order chi connectivity index (χ0) is 14.5. The molecule has 20 heavy (non-hydrogen) atoms. The van der Waals surface area contributed by atoms with Crippen LogP contribution < -0.4 is 0 Å². The Morgan fingerprint density at radius 1 is 1.15 bits per heavy atom. The summed E-state index contributed by atoms with van der Waals surface area (Å²) >= 11 is 0. The van der Waals surface area contributed by atoms with Gasteiger partial charge in [0, 0.05) is 0 Å². The highest BCUT2D eigenvalue weighted by molar-refractivity contribution is 5.46. The summed E-state index contributed by atoms with van der Waals surface area (Å²) in [5.41, 5.74) is 5.09. The van der Waals surface area contributed by atoms with E-state index in [1.54, 1.807) is 12.5 Å². The highest BCUT2D eigenvalue weighted by atomic mass is 19.1. The molecular weight excluding hydrogens is 247 g/mol. The van der Waals surface area contributed by atoms with Crippen molar-refractivity contribution in [1.82, 2.24) is 0 Å². The van der Waals surface area contributed by atoms with Crippen LogP contribution in [0.1, 0.15) is 93.4 Å². The molecule has 1 aromatic carbocycles. The molecule has 0 aromatic heterocycles. The average molecular weight is 274 g/mol. The summed E-state index contributed by atoms with van der Waals surface area (Å²) in [5.74, 6) is 1.79. The van der Waals surface area contributed by atoms with E-state index in [0.717, 1.165) is 25.2 Å². The zero-order valence-corrected chi connectivity index (χ0v) is 13.3. The van der Waals surface area contributed by atoms with E-state index in [1.807, 2.05) is 0 Å². The highest BCUT2D eigenvalue weighted by Gasteiger charge is 2.43. The van der Waals surface area contributed by atoms with Gasteiger partial charge in [0.15, 0.2) is 0 Å². The third kappa shape index (κ3) is 2.52. The second-order valence-corrected chi connectivity index (χ2v) is 7.48. The van der Waals surface area contributed by atoms with Gasteiger partial charge in [-0.3, -0.25) is 0 Å². The molecule has 2 fully saturated rings. The van der Waals surface area contributed by atoms with Crippen LogP contribution in [-0.2, 0) is 6.42 Å². The summed E-state index contributed by atoms with van der Waals surface area (Å²) in [5, 5.41) is 0. The van der Waals surface area contributed by atoms with E-state index in [1.165, 1.54) is 29.5 Å². The van der Waals surface area contributed by atoms with Gasteiger partial charge in [0.05, 0.1) is 0 Å².